The highest BCUT2D eigenvalue weighted by Gasteiger charge is 2.21. The molecule has 3 rings (SSSR count). The number of aromatic nitrogens is 2. The summed E-state index contributed by atoms with van der Waals surface area (Å²) in [5.41, 5.74) is 3.69. The monoisotopic (exact) mass is 285 g/mol. The zero-order valence-electron chi connectivity index (χ0n) is 13.0. The average Bonchev–Trinajstić information content (AvgIpc) is 3.24. The number of ether oxygens (including phenoxy) is 1. The average molecular weight is 285 g/mol. The Morgan fingerprint density at radius 2 is 2.14 bits per heavy atom. The van der Waals surface area contributed by atoms with Gasteiger partial charge in [-0.25, -0.2) is 4.98 Å². The van der Waals surface area contributed by atoms with Crippen LogP contribution in [0.1, 0.15) is 35.5 Å². The lowest BCUT2D eigenvalue weighted by Gasteiger charge is -2.14. The van der Waals surface area contributed by atoms with E-state index in [0.717, 1.165) is 24.7 Å². The number of benzene rings is 1. The molecule has 2 aromatic rings. The van der Waals surface area contributed by atoms with Crippen molar-refractivity contribution >= 4 is 0 Å². The molecule has 1 aromatic heterocycles. The molecule has 0 bridgehead atoms. The number of hydrogen-bond acceptors (Lipinski definition) is 3. The van der Waals surface area contributed by atoms with Crippen LogP contribution in [0.3, 0.4) is 0 Å². The van der Waals surface area contributed by atoms with Gasteiger partial charge in [0.2, 0.25) is 0 Å². The number of methoxy groups -OCH3 is 1. The Morgan fingerprint density at radius 1 is 1.33 bits per heavy atom. The van der Waals surface area contributed by atoms with Gasteiger partial charge in [-0.05, 0) is 32.8 Å². The van der Waals surface area contributed by atoms with Gasteiger partial charge >= 0.3 is 0 Å². The van der Waals surface area contributed by atoms with Crippen LogP contribution in [0.2, 0.25) is 0 Å². The number of hydrogen-bond donors (Lipinski definition) is 1. The third-order valence-electron chi connectivity index (χ3n) is 4.05. The van der Waals surface area contributed by atoms with Crippen LogP contribution in [0.25, 0.3) is 0 Å². The molecule has 0 radical (unpaired) electrons. The summed E-state index contributed by atoms with van der Waals surface area (Å²) in [4.78, 5) is 4.47. The van der Waals surface area contributed by atoms with Crippen LogP contribution in [0.5, 0.6) is 5.75 Å². The third kappa shape index (κ3) is 3.27. The van der Waals surface area contributed by atoms with Gasteiger partial charge in [0.1, 0.15) is 11.6 Å². The summed E-state index contributed by atoms with van der Waals surface area (Å²) in [6.07, 6.45) is 4.59. The summed E-state index contributed by atoms with van der Waals surface area (Å²) in [6, 6.07) is 7.02. The molecule has 112 valence electrons. The van der Waals surface area contributed by atoms with Crippen LogP contribution in [0.15, 0.2) is 24.4 Å². The molecular weight excluding hydrogens is 262 g/mol. The van der Waals surface area contributed by atoms with Crippen LogP contribution in [0.4, 0.5) is 0 Å². The fourth-order valence-corrected chi connectivity index (χ4v) is 2.61. The minimum Gasteiger partial charge on any atom is -0.496 e. The molecule has 1 aromatic carbocycles. The Morgan fingerprint density at radius 3 is 2.86 bits per heavy atom. The van der Waals surface area contributed by atoms with Crippen LogP contribution in [0, 0.1) is 13.8 Å². The number of imidazole rings is 1. The first-order valence-electron chi connectivity index (χ1n) is 7.55. The van der Waals surface area contributed by atoms with E-state index in [4.69, 9.17) is 4.74 Å². The topological polar surface area (TPSA) is 39.1 Å². The molecular formula is C17H23N3O. The smallest absolute Gasteiger partial charge is 0.123 e. The number of aryl methyl sites for hydroxylation is 2. The zero-order valence-corrected chi connectivity index (χ0v) is 13.0. The van der Waals surface area contributed by atoms with Gasteiger partial charge in [0.25, 0.3) is 0 Å². The van der Waals surface area contributed by atoms with Gasteiger partial charge in [0, 0.05) is 24.3 Å². The van der Waals surface area contributed by atoms with Crippen molar-refractivity contribution in [2.24, 2.45) is 0 Å². The second kappa shape index (κ2) is 5.90. The molecule has 1 heterocycles. The summed E-state index contributed by atoms with van der Waals surface area (Å²) in [5.74, 6) is 1.99. The van der Waals surface area contributed by atoms with Gasteiger partial charge in [0.05, 0.1) is 19.3 Å². The Bertz CT molecular complexity index is 629. The normalized spacial score (nSPS) is 14.4. The molecule has 1 fully saturated rings. The van der Waals surface area contributed by atoms with E-state index in [2.05, 4.69) is 40.8 Å². The highest BCUT2D eigenvalue weighted by atomic mass is 16.5. The van der Waals surface area contributed by atoms with Crippen LogP contribution in [-0.2, 0) is 13.1 Å². The van der Waals surface area contributed by atoms with Crippen molar-refractivity contribution < 1.29 is 4.74 Å². The van der Waals surface area contributed by atoms with Gasteiger partial charge in [-0.15, -0.1) is 0 Å². The predicted octanol–water partition coefficient (Wildman–Crippen LogP) is 2.81. The SMILES string of the molecule is COc1ccc(C)cc1Cn1c(CNC2CC2)cnc1C. The first-order chi connectivity index (χ1) is 10.2. The van der Waals surface area contributed by atoms with Crippen molar-refractivity contribution in [2.75, 3.05) is 7.11 Å². The quantitative estimate of drug-likeness (QED) is 0.887. The molecule has 1 N–H and O–H groups in total. The zero-order chi connectivity index (χ0) is 14.8. The molecule has 0 atom stereocenters. The first kappa shape index (κ1) is 14.1. The van der Waals surface area contributed by atoms with E-state index in [1.54, 1.807) is 7.11 Å². The Kier molecular flexibility index (Phi) is 3.97. The molecule has 1 aliphatic rings. The molecule has 0 saturated heterocycles. The maximum Gasteiger partial charge on any atom is 0.123 e. The van der Waals surface area contributed by atoms with E-state index in [0.29, 0.717) is 6.04 Å². The van der Waals surface area contributed by atoms with Crippen LogP contribution in [-0.4, -0.2) is 22.7 Å². The fraction of sp³-hybridized carbons (Fsp3) is 0.471. The van der Waals surface area contributed by atoms with Gasteiger partial charge < -0.3 is 14.6 Å². The second-order valence-corrected chi connectivity index (χ2v) is 5.85. The van der Waals surface area contributed by atoms with Gasteiger partial charge in [0.15, 0.2) is 0 Å². The van der Waals surface area contributed by atoms with Crippen molar-refractivity contribution in [1.82, 2.24) is 14.9 Å². The molecule has 0 unspecified atom stereocenters. The van der Waals surface area contributed by atoms with E-state index >= 15 is 0 Å². The summed E-state index contributed by atoms with van der Waals surface area (Å²) >= 11 is 0. The summed E-state index contributed by atoms with van der Waals surface area (Å²) < 4.78 is 7.76. The Labute approximate surface area is 126 Å². The largest absolute Gasteiger partial charge is 0.496 e. The first-order valence-corrected chi connectivity index (χ1v) is 7.55. The van der Waals surface area contributed by atoms with Crippen molar-refractivity contribution in [2.45, 2.75) is 45.8 Å². The number of rotatable bonds is 6. The van der Waals surface area contributed by atoms with Gasteiger partial charge in [-0.1, -0.05) is 17.7 Å². The molecule has 0 amide bonds. The van der Waals surface area contributed by atoms with Crippen molar-refractivity contribution in [1.29, 1.82) is 0 Å². The van der Waals surface area contributed by atoms with E-state index in [9.17, 15) is 0 Å². The summed E-state index contributed by atoms with van der Waals surface area (Å²) in [7, 11) is 1.73. The highest BCUT2D eigenvalue weighted by Crippen LogP contribution is 2.23. The number of nitrogens with one attached hydrogen (secondary N) is 1. The molecule has 0 aliphatic heterocycles. The lowest BCUT2D eigenvalue weighted by Crippen LogP contribution is -2.19. The maximum atomic E-state index is 5.49. The van der Waals surface area contributed by atoms with Crippen LogP contribution >= 0.6 is 0 Å². The lowest BCUT2D eigenvalue weighted by molar-refractivity contribution is 0.407. The molecule has 4 nitrogen and oxygen atoms in total. The standard InChI is InChI=1S/C17H23N3O/c1-12-4-7-17(21-3)14(8-12)11-20-13(2)18-9-16(20)10-19-15-5-6-15/h4,7-9,15,19H,5-6,10-11H2,1-3H3. The highest BCUT2D eigenvalue weighted by molar-refractivity contribution is 5.37. The number of nitrogens with zero attached hydrogens (tertiary/aromatic N) is 2. The molecule has 21 heavy (non-hydrogen) atoms. The predicted molar refractivity (Wildman–Crippen MR) is 83.7 cm³/mol. The van der Waals surface area contributed by atoms with Crippen molar-refractivity contribution in [3.63, 3.8) is 0 Å². The maximum absolute atomic E-state index is 5.49. The molecule has 1 aliphatic carbocycles. The van der Waals surface area contributed by atoms with E-state index in [-0.39, 0.29) is 0 Å². The third-order valence-corrected chi connectivity index (χ3v) is 4.05. The second-order valence-electron chi connectivity index (χ2n) is 5.85. The van der Waals surface area contributed by atoms with E-state index < -0.39 is 0 Å². The van der Waals surface area contributed by atoms with Gasteiger partial charge in [-0.3, -0.25) is 0 Å². The van der Waals surface area contributed by atoms with Crippen molar-refractivity contribution in [3.8, 4) is 5.75 Å². The van der Waals surface area contributed by atoms with Crippen LogP contribution < -0.4 is 10.1 Å². The fourth-order valence-electron chi connectivity index (χ4n) is 2.61. The van der Waals surface area contributed by atoms with Gasteiger partial charge in [-0.2, -0.15) is 0 Å². The minimum absolute atomic E-state index is 0.710. The molecule has 4 heteroatoms. The Hall–Kier alpha value is -1.81. The minimum atomic E-state index is 0.710. The summed E-state index contributed by atoms with van der Waals surface area (Å²) in [6.45, 7) is 5.86. The Balaban J connectivity index is 1.83. The van der Waals surface area contributed by atoms with Crippen molar-refractivity contribution in [3.05, 3.63) is 47.0 Å². The summed E-state index contributed by atoms with van der Waals surface area (Å²) in [5, 5.41) is 3.56. The molecule has 1 saturated carbocycles. The molecule has 0 spiro atoms. The van der Waals surface area contributed by atoms with E-state index in [1.165, 1.54) is 29.7 Å². The lowest BCUT2D eigenvalue weighted by atomic mass is 10.1. The van der Waals surface area contributed by atoms with E-state index in [1.807, 2.05) is 12.3 Å².